The fourth-order valence-corrected chi connectivity index (χ4v) is 1.88. The minimum atomic E-state index is -0.0302. The van der Waals surface area contributed by atoms with Crippen LogP contribution >= 0.6 is 0 Å². The second-order valence-corrected chi connectivity index (χ2v) is 4.39. The lowest BCUT2D eigenvalue weighted by atomic mass is 10.1. The summed E-state index contributed by atoms with van der Waals surface area (Å²) in [6.07, 6.45) is 4.20. The van der Waals surface area contributed by atoms with Gasteiger partial charge in [0, 0.05) is 11.6 Å². The Labute approximate surface area is 106 Å². The van der Waals surface area contributed by atoms with E-state index in [1.165, 1.54) is 17.9 Å². The third-order valence-electron chi connectivity index (χ3n) is 2.82. The third kappa shape index (κ3) is 2.30. The number of allylic oxidation sites excluding steroid dienone is 2. The van der Waals surface area contributed by atoms with E-state index in [1.807, 2.05) is 19.9 Å². The van der Waals surface area contributed by atoms with Crippen LogP contribution in [0.2, 0.25) is 0 Å². The van der Waals surface area contributed by atoms with Gasteiger partial charge in [-0.15, -0.1) is 0 Å². The molecule has 2 aromatic rings. The van der Waals surface area contributed by atoms with Gasteiger partial charge < -0.3 is 9.15 Å². The molecule has 0 atom stereocenters. The van der Waals surface area contributed by atoms with Crippen molar-refractivity contribution in [2.24, 2.45) is 0 Å². The van der Waals surface area contributed by atoms with Crippen molar-refractivity contribution in [3.63, 3.8) is 0 Å². The number of ether oxygens (including phenoxy) is 1. The lowest BCUT2D eigenvalue weighted by Gasteiger charge is -2.09. The van der Waals surface area contributed by atoms with Crippen molar-refractivity contribution >= 4 is 11.0 Å². The predicted molar refractivity (Wildman–Crippen MR) is 72.2 cm³/mol. The monoisotopic (exact) mass is 244 g/mol. The Bertz CT molecular complexity index is 646. The summed E-state index contributed by atoms with van der Waals surface area (Å²) in [5.41, 5.74) is 2.71. The lowest BCUT2D eigenvalue weighted by Crippen LogP contribution is -2.01. The van der Waals surface area contributed by atoms with Gasteiger partial charge in [0.05, 0.1) is 18.8 Å². The van der Waals surface area contributed by atoms with Crippen molar-refractivity contribution < 1.29 is 9.15 Å². The van der Waals surface area contributed by atoms with Crippen molar-refractivity contribution in [2.45, 2.75) is 20.3 Å². The number of rotatable bonds is 3. The largest absolute Gasteiger partial charge is 0.496 e. The number of benzene rings is 1. The number of hydrogen-bond donors (Lipinski definition) is 0. The number of methoxy groups -OCH3 is 1. The number of hydrogen-bond acceptors (Lipinski definition) is 3. The van der Waals surface area contributed by atoms with Gasteiger partial charge in [-0.1, -0.05) is 11.6 Å². The Kier molecular flexibility index (Phi) is 3.51. The molecule has 0 bridgehead atoms. The zero-order valence-electron chi connectivity index (χ0n) is 10.8. The average molecular weight is 244 g/mol. The van der Waals surface area contributed by atoms with E-state index in [0.29, 0.717) is 17.4 Å². The molecule has 0 aliphatic carbocycles. The second kappa shape index (κ2) is 5.08. The first-order valence-electron chi connectivity index (χ1n) is 5.84. The number of fused-ring (bicyclic) bond motifs is 1. The quantitative estimate of drug-likeness (QED) is 0.777. The van der Waals surface area contributed by atoms with Gasteiger partial charge >= 0.3 is 0 Å². The van der Waals surface area contributed by atoms with E-state index in [0.717, 1.165) is 11.3 Å². The van der Waals surface area contributed by atoms with E-state index < -0.39 is 0 Å². The van der Waals surface area contributed by atoms with Crippen LogP contribution in [-0.4, -0.2) is 7.11 Å². The normalized spacial score (nSPS) is 10.4. The minimum absolute atomic E-state index is 0.0302. The van der Waals surface area contributed by atoms with Crippen molar-refractivity contribution in [3.8, 4) is 5.75 Å². The molecule has 1 aromatic carbocycles. The highest BCUT2D eigenvalue weighted by Gasteiger charge is 2.11. The van der Waals surface area contributed by atoms with Crippen LogP contribution in [0.15, 0.2) is 45.3 Å². The summed E-state index contributed by atoms with van der Waals surface area (Å²) in [5.74, 6) is 0.745. The molecule has 0 N–H and O–H groups in total. The summed E-state index contributed by atoms with van der Waals surface area (Å²) < 4.78 is 10.8. The van der Waals surface area contributed by atoms with Gasteiger partial charge in [-0.05, 0) is 32.4 Å². The smallest absolute Gasteiger partial charge is 0.192 e. The Hall–Kier alpha value is -2.03. The van der Waals surface area contributed by atoms with Crippen molar-refractivity contribution in [1.82, 2.24) is 0 Å². The highest BCUT2D eigenvalue weighted by Crippen LogP contribution is 2.27. The van der Waals surface area contributed by atoms with Crippen LogP contribution in [0.4, 0.5) is 0 Å². The molecule has 0 spiro atoms. The summed E-state index contributed by atoms with van der Waals surface area (Å²) in [7, 11) is 1.62. The molecule has 0 unspecified atom stereocenters. The molecule has 2 rings (SSSR count). The molecule has 0 amide bonds. The first kappa shape index (κ1) is 12.4. The van der Waals surface area contributed by atoms with Crippen LogP contribution in [-0.2, 0) is 6.42 Å². The van der Waals surface area contributed by atoms with Gasteiger partial charge in [0.1, 0.15) is 11.3 Å². The van der Waals surface area contributed by atoms with Crippen LogP contribution < -0.4 is 10.2 Å². The molecule has 1 heterocycles. The first-order chi connectivity index (χ1) is 8.63. The van der Waals surface area contributed by atoms with Crippen LogP contribution in [0.3, 0.4) is 0 Å². The summed E-state index contributed by atoms with van der Waals surface area (Å²) in [5, 5.41) is 0.593. The molecule has 0 fully saturated rings. The van der Waals surface area contributed by atoms with Crippen molar-refractivity contribution in [2.75, 3.05) is 7.11 Å². The predicted octanol–water partition coefficient (Wildman–Crippen LogP) is 3.31. The maximum Gasteiger partial charge on any atom is 0.192 e. The third-order valence-corrected chi connectivity index (χ3v) is 2.82. The van der Waals surface area contributed by atoms with Crippen LogP contribution in [0.5, 0.6) is 5.75 Å². The molecule has 1 aromatic heterocycles. The molecule has 3 nitrogen and oxygen atoms in total. The maximum absolute atomic E-state index is 11.8. The summed E-state index contributed by atoms with van der Waals surface area (Å²) in [6.45, 7) is 4.07. The zero-order valence-corrected chi connectivity index (χ0v) is 10.8. The molecule has 0 aliphatic heterocycles. The molecule has 94 valence electrons. The van der Waals surface area contributed by atoms with E-state index in [4.69, 9.17) is 9.15 Å². The van der Waals surface area contributed by atoms with Gasteiger partial charge in [-0.3, -0.25) is 4.79 Å². The van der Waals surface area contributed by atoms with Crippen LogP contribution in [0.25, 0.3) is 11.0 Å². The molecule has 0 saturated heterocycles. The highest BCUT2D eigenvalue weighted by atomic mass is 16.5. The van der Waals surface area contributed by atoms with Crippen LogP contribution in [0, 0.1) is 0 Å². The van der Waals surface area contributed by atoms with Gasteiger partial charge in [-0.2, -0.15) is 0 Å². The fraction of sp³-hybridized carbons (Fsp3) is 0.267. The van der Waals surface area contributed by atoms with Crippen LogP contribution in [0.1, 0.15) is 19.4 Å². The second-order valence-electron chi connectivity index (χ2n) is 4.39. The Morgan fingerprint density at radius 3 is 2.78 bits per heavy atom. The average Bonchev–Trinajstić information content (AvgIpc) is 2.36. The summed E-state index contributed by atoms with van der Waals surface area (Å²) in [6, 6.07) is 4.99. The zero-order chi connectivity index (χ0) is 13.1. The fourth-order valence-electron chi connectivity index (χ4n) is 1.88. The van der Waals surface area contributed by atoms with Gasteiger partial charge in [-0.25, -0.2) is 0 Å². The summed E-state index contributed by atoms with van der Waals surface area (Å²) >= 11 is 0. The molecule has 0 aliphatic rings. The van der Waals surface area contributed by atoms with Crippen molar-refractivity contribution in [3.05, 3.63) is 51.9 Å². The van der Waals surface area contributed by atoms with E-state index >= 15 is 0 Å². The molecular weight excluding hydrogens is 228 g/mol. The molecular formula is C15H16O3. The van der Waals surface area contributed by atoms with E-state index in [-0.39, 0.29) is 5.43 Å². The minimum Gasteiger partial charge on any atom is -0.496 e. The van der Waals surface area contributed by atoms with E-state index in [1.54, 1.807) is 13.2 Å². The van der Waals surface area contributed by atoms with E-state index in [2.05, 4.69) is 6.08 Å². The molecule has 3 heteroatoms. The Morgan fingerprint density at radius 2 is 2.11 bits per heavy atom. The van der Waals surface area contributed by atoms with Gasteiger partial charge in [0.15, 0.2) is 5.43 Å². The molecule has 18 heavy (non-hydrogen) atoms. The highest BCUT2D eigenvalue weighted by molar-refractivity contribution is 5.82. The first-order valence-corrected chi connectivity index (χ1v) is 5.84. The molecule has 0 saturated carbocycles. The topological polar surface area (TPSA) is 39.4 Å². The summed E-state index contributed by atoms with van der Waals surface area (Å²) in [4.78, 5) is 11.8. The Balaban J connectivity index is 2.69. The van der Waals surface area contributed by atoms with Gasteiger partial charge in [0.2, 0.25) is 0 Å². The van der Waals surface area contributed by atoms with Gasteiger partial charge in [0.25, 0.3) is 0 Å². The van der Waals surface area contributed by atoms with Crippen molar-refractivity contribution in [1.29, 1.82) is 0 Å². The standard InChI is InChI=1S/C15H16O3/c1-10(2)4-5-12-14(17-3)7-6-11-13(16)8-9-18-15(11)12/h4,6-9H,5H2,1-3H3. The Morgan fingerprint density at radius 1 is 1.33 bits per heavy atom. The SMILES string of the molecule is COc1ccc2c(=O)ccoc2c1CC=C(C)C. The maximum atomic E-state index is 11.8. The lowest BCUT2D eigenvalue weighted by molar-refractivity contribution is 0.410. The van der Waals surface area contributed by atoms with E-state index in [9.17, 15) is 4.79 Å². The molecule has 0 radical (unpaired) electrons.